The molecule has 3 aromatic rings. The summed E-state index contributed by atoms with van der Waals surface area (Å²) < 4.78 is 37.9. The topological polar surface area (TPSA) is 54.0 Å². The number of carbonyl (C=O) groups is 1. The largest absolute Gasteiger partial charge is 0.490 e. The molecule has 194 valence electrons. The summed E-state index contributed by atoms with van der Waals surface area (Å²) in [6.45, 7) is 3.02. The van der Waals surface area contributed by atoms with Crippen molar-refractivity contribution in [1.82, 2.24) is 10.2 Å². The van der Waals surface area contributed by atoms with Crippen molar-refractivity contribution in [3.8, 4) is 11.5 Å². The molecule has 1 aliphatic heterocycles. The third-order valence-corrected chi connectivity index (χ3v) is 6.67. The molecule has 0 bridgehead atoms. The fraction of sp³-hybridized carbons (Fsp3) is 0.345. The molecular formula is C29H31F2N3O3. The van der Waals surface area contributed by atoms with Crippen molar-refractivity contribution in [1.29, 1.82) is 0 Å². The molecular weight excluding hydrogens is 476 g/mol. The summed E-state index contributed by atoms with van der Waals surface area (Å²) in [4.78, 5) is 17.9. The Labute approximate surface area is 215 Å². The summed E-state index contributed by atoms with van der Waals surface area (Å²) in [6, 6.07) is 20.9. The Morgan fingerprint density at radius 2 is 1.73 bits per heavy atom. The summed E-state index contributed by atoms with van der Waals surface area (Å²) in [7, 11) is 0. The molecule has 0 spiro atoms. The number of benzene rings is 3. The maximum atomic E-state index is 13.7. The predicted molar refractivity (Wildman–Crippen MR) is 138 cm³/mol. The molecule has 1 atom stereocenters. The van der Waals surface area contributed by atoms with Crippen LogP contribution in [0.3, 0.4) is 0 Å². The summed E-state index contributed by atoms with van der Waals surface area (Å²) >= 11 is 0. The molecule has 2 fully saturated rings. The van der Waals surface area contributed by atoms with Crippen molar-refractivity contribution in [3.63, 3.8) is 0 Å². The molecule has 8 heteroatoms. The zero-order valence-corrected chi connectivity index (χ0v) is 20.6. The van der Waals surface area contributed by atoms with Crippen LogP contribution in [-0.2, 0) is 11.3 Å². The van der Waals surface area contributed by atoms with Crippen molar-refractivity contribution in [2.75, 3.05) is 37.7 Å². The van der Waals surface area contributed by atoms with Crippen LogP contribution in [0.15, 0.2) is 72.8 Å². The lowest BCUT2D eigenvalue weighted by Crippen LogP contribution is -2.59. The summed E-state index contributed by atoms with van der Waals surface area (Å²) in [5.41, 5.74) is 2.10. The van der Waals surface area contributed by atoms with Crippen LogP contribution in [0.5, 0.6) is 11.5 Å². The van der Waals surface area contributed by atoms with Crippen molar-refractivity contribution in [3.05, 3.63) is 90.0 Å². The van der Waals surface area contributed by atoms with Crippen molar-refractivity contribution < 1.29 is 23.0 Å². The zero-order chi connectivity index (χ0) is 25.6. The van der Waals surface area contributed by atoms with Crippen molar-refractivity contribution in [2.24, 2.45) is 0 Å². The highest BCUT2D eigenvalue weighted by molar-refractivity contribution is 5.86. The SMILES string of the molecule is O=C([C@H]1CNCCN1c1ccc(OCCOc2cc(F)ccc2F)cc1)N(Cc1ccccc1)C1CC1. The van der Waals surface area contributed by atoms with Gasteiger partial charge in [0.05, 0.1) is 0 Å². The summed E-state index contributed by atoms with van der Waals surface area (Å²) in [5.74, 6) is -0.525. The highest BCUT2D eigenvalue weighted by Gasteiger charge is 2.39. The molecule has 0 aromatic heterocycles. The van der Waals surface area contributed by atoms with Crippen LogP contribution < -0.4 is 19.7 Å². The Bertz CT molecular complexity index is 1190. The van der Waals surface area contributed by atoms with Gasteiger partial charge in [-0.05, 0) is 54.8 Å². The minimum absolute atomic E-state index is 0.0783. The zero-order valence-electron chi connectivity index (χ0n) is 20.6. The molecule has 37 heavy (non-hydrogen) atoms. The lowest BCUT2D eigenvalue weighted by molar-refractivity contribution is -0.134. The molecule has 5 rings (SSSR count). The highest BCUT2D eigenvalue weighted by atomic mass is 19.1. The maximum Gasteiger partial charge on any atom is 0.247 e. The van der Waals surface area contributed by atoms with Crippen LogP contribution in [0.4, 0.5) is 14.5 Å². The molecule has 1 heterocycles. The average Bonchev–Trinajstić information content (AvgIpc) is 3.78. The number of carbonyl (C=O) groups excluding carboxylic acids is 1. The van der Waals surface area contributed by atoms with E-state index in [0.717, 1.165) is 55.4 Å². The molecule has 2 aliphatic rings. The Hall–Kier alpha value is -3.65. The van der Waals surface area contributed by atoms with Crippen LogP contribution in [-0.4, -0.2) is 55.7 Å². The van der Waals surface area contributed by atoms with E-state index in [-0.39, 0.29) is 30.9 Å². The number of rotatable bonds is 10. The van der Waals surface area contributed by atoms with Crippen molar-refractivity contribution >= 4 is 11.6 Å². The van der Waals surface area contributed by atoms with Crippen LogP contribution in [0.2, 0.25) is 0 Å². The van der Waals surface area contributed by atoms with Gasteiger partial charge in [-0.15, -0.1) is 0 Å². The fourth-order valence-corrected chi connectivity index (χ4v) is 4.61. The van der Waals surface area contributed by atoms with Gasteiger partial charge < -0.3 is 24.6 Å². The second-order valence-corrected chi connectivity index (χ2v) is 9.36. The van der Waals surface area contributed by atoms with E-state index < -0.39 is 11.6 Å². The maximum absolute atomic E-state index is 13.7. The highest BCUT2D eigenvalue weighted by Crippen LogP contribution is 2.31. The molecule has 0 unspecified atom stereocenters. The minimum Gasteiger partial charge on any atom is -0.490 e. The quantitative estimate of drug-likeness (QED) is 0.413. The van der Waals surface area contributed by atoms with E-state index in [4.69, 9.17) is 9.47 Å². The number of nitrogens with zero attached hydrogens (tertiary/aromatic N) is 2. The molecule has 6 nitrogen and oxygen atoms in total. The van der Waals surface area contributed by atoms with Gasteiger partial charge in [-0.1, -0.05) is 30.3 Å². The number of anilines is 1. The van der Waals surface area contributed by atoms with Gasteiger partial charge in [0, 0.05) is 44.0 Å². The van der Waals surface area contributed by atoms with Gasteiger partial charge in [0.2, 0.25) is 5.91 Å². The minimum atomic E-state index is -0.616. The van der Waals surface area contributed by atoms with Crippen LogP contribution in [0.1, 0.15) is 18.4 Å². The Balaban J connectivity index is 1.19. The Morgan fingerprint density at radius 1 is 0.973 bits per heavy atom. The second-order valence-electron chi connectivity index (χ2n) is 9.36. The number of nitrogens with one attached hydrogen (secondary N) is 1. The van der Waals surface area contributed by atoms with Gasteiger partial charge in [-0.2, -0.15) is 0 Å². The monoisotopic (exact) mass is 507 g/mol. The van der Waals surface area contributed by atoms with E-state index in [2.05, 4.69) is 22.3 Å². The van der Waals surface area contributed by atoms with Gasteiger partial charge in [0.1, 0.15) is 30.8 Å². The van der Waals surface area contributed by atoms with E-state index in [1.807, 2.05) is 47.4 Å². The number of hydrogen-bond donors (Lipinski definition) is 1. The first kappa shape index (κ1) is 25.0. The number of hydrogen-bond acceptors (Lipinski definition) is 5. The van der Waals surface area contributed by atoms with Gasteiger partial charge in [0.15, 0.2) is 11.6 Å². The molecule has 3 aromatic carbocycles. The molecule has 0 radical (unpaired) electrons. The van der Waals surface area contributed by atoms with Crippen LogP contribution in [0.25, 0.3) is 0 Å². The first-order valence-corrected chi connectivity index (χ1v) is 12.7. The summed E-state index contributed by atoms with van der Waals surface area (Å²) in [5, 5.41) is 3.38. The Kier molecular flexibility index (Phi) is 7.84. The first-order chi connectivity index (χ1) is 18.1. The molecule has 1 aliphatic carbocycles. The number of halogens is 2. The van der Waals surface area contributed by atoms with E-state index in [1.54, 1.807) is 0 Å². The number of amides is 1. The molecule has 1 saturated carbocycles. The number of piperazine rings is 1. The smallest absolute Gasteiger partial charge is 0.247 e. The molecule has 1 N–H and O–H groups in total. The van der Waals surface area contributed by atoms with Gasteiger partial charge in [-0.25, -0.2) is 8.78 Å². The van der Waals surface area contributed by atoms with Gasteiger partial charge >= 0.3 is 0 Å². The van der Waals surface area contributed by atoms with E-state index in [0.29, 0.717) is 24.9 Å². The Morgan fingerprint density at radius 3 is 2.49 bits per heavy atom. The third kappa shape index (κ3) is 6.38. The van der Waals surface area contributed by atoms with Gasteiger partial charge in [-0.3, -0.25) is 4.79 Å². The predicted octanol–water partition coefficient (Wildman–Crippen LogP) is 4.39. The van der Waals surface area contributed by atoms with E-state index in [9.17, 15) is 13.6 Å². The normalized spacial score (nSPS) is 17.4. The summed E-state index contributed by atoms with van der Waals surface area (Å²) in [6.07, 6.45) is 2.11. The average molecular weight is 508 g/mol. The van der Waals surface area contributed by atoms with Gasteiger partial charge in [0.25, 0.3) is 0 Å². The third-order valence-electron chi connectivity index (χ3n) is 6.67. The second kappa shape index (κ2) is 11.6. The number of ether oxygens (including phenoxy) is 2. The van der Waals surface area contributed by atoms with E-state index in [1.165, 1.54) is 0 Å². The van der Waals surface area contributed by atoms with Crippen LogP contribution in [0, 0.1) is 11.6 Å². The first-order valence-electron chi connectivity index (χ1n) is 12.7. The lowest BCUT2D eigenvalue weighted by Gasteiger charge is -2.39. The molecule has 1 saturated heterocycles. The standard InChI is InChI=1S/C29H31F2N3O3/c30-22-6-13-26(31)28(18-22)37-17-16-36-25-11-9-23(10-12-25)33-15-14-32-19-27(33)29(35)34(24-7-8-24)20-21-4-2-1-3-5-21/h1-6,9-13,18,24,27,32H,7-8,14-17,19-20H2/t27-/m1/s1. The van der Waals surface area contributed by atoms with Crippen LogP contribution >= 0.6 is 0 Å². The van der Waals surface area contributed by atoms with Crippen molar-refractivity contribution in [2.45, 2.75) is 31.5 Å². The molecule has 1 amide bonds. The fourth-order valence-electron chi connectivity index (χ4n) is 4.61. The lowest BCUT2D eigenvalue weighted by atomic mass is 10.1. The van der Waals surface area contributed by atoms with E-state index >= 15 is 0 Å².